The van der Waals surface area contributed by atoms with E-state index in [4.69, 9.17) is 0 Å². The van der Waals surface area contributed by atoms with Crippen molar-refractivity contribution in [2.75, 3.05) is 18.8 Å². The number of rotatable bonds is 4. The minimum Gasteiger partial charge on any atom is -0.314 e. The highest BCUT2D eigenvalue weighted by atomic mass is 32.2. The minimum atomic E-state index is -2.75. The van der Waals surface area contributed by atoms with E-state index < -0.39 is 9.84 Å². The van der Waals surface area contributed by atoms with E-state index >= 15 is 0 Å². The summed E-state index contributed by atoms with van der Waals surface area (Å²) in [6.45, 7) is 3.33. The zero-order valence-corrected chi connectivity index (χ0v) is 7.65. The predicted molar refractivity (Wildman–Crippen MR) is 45.4 cm³/mol. The number of unbranched alkanes of at least 4 members (excludes halogenated alkanes) is 1. The third-order valence-electron chi connectivity index (χ3n) is 2.03. The van der Waals surface area contributed by atoms with Gasteiger partial charge in [0.05, 0.1) is 11.0 Å². The molecular weight excluding hydrogens is 162 g/mol. The first kappa shape index (κ1) is 9.00. The molecule has 1 N–H and O–H groups in total. The van der Waals surface area contributed by atoms with Crippen molar-refractivity contribution < 1.29 is 8.42 Å². The third kappa shape index (κ3) is 2.17. The average Bonchev–Trinajstić information content (AvgIpc) is 1.78. The molecule has 0 aliphatic carbocycles. The summed E-state index contributed by atoms with van der Waals surface area (Å²) < 4.78 is 22.7. The second-order valence-electron chi connectivity index (χ2n) is 3.00. The summed E-state index contributed by atoms with van der Waals surface area (Å²) in [5.74, 6) is 0.371. The quantitative estimate of drug-likeness (QED) is 0.666. The molecule has 3 nitrogen and oxygen atoms in total. The van der Waals surface area contributed by atoms with E-state index in [1.807, 2.05) is 6.92 Å². The number of hydrogen-bond acceptors (Lipinski definition) is 3. The summed E-state index contributed by atoms with van der Waals surface area (Å²) >= 11 is 0. The molecule has 0 unspecified atom stereocenters. The topological polar surface area (TPSA) is 46.2 Å². The van der Waals surface area contributed by atoms with Crippen molar-refractivity contribution in [1.29, 1.82) is 0 Å². The molecule has 0 aromatic heterocycles. The fourth-order valence-corrected chi connectivity index (χ4v) is 2.80. The van der Waals surface area contributed by atoms with Crippen molar-refractivity contribution >= 4 is 9.84 Å². The lowest BCUT2D eigenvalue weighted by Crippen LogP contribution is -2.52. The number of hydrogen-bond donors (Lipinski definition) is 1. The maximum atomic E-state index is 11.3. The standard InChI is InChI=1S/C7H15NO2S/c1-2-3-4-11(9,10)7-5-8-6-7/h7-8H,2-6H2,1H3. The van der Waals surface area contributed by atoms with Crippen LogP contribution in [0.25, 0.3) is 0 Å². The molecule has 0 spiro atoms. The van der Waals surface area contributed by atoms with Gasteiger partial charge in [-0.2, -0.15) is 0 Å². The lowest BCUT2D eigenvalue weighted by Gasteiger charge is -2.26. The van der Waals surface area contributed by atoms with Crippen LogP contribution in [0.4, 0.5) is 0 Å². The highest BCUT2D eigenvalue weighted by Crippen LogP contribution is 2.09. The van der Waals surface area contributed by atoms with Gasteiger partial charge in [0.25, 0.3) is 0 Å². The van der Waals surface area contributed by atoms with Crippen LogP contribution in [0.2, 0.25) is 0 Å². The van der Waals surface area contributed by atoms with Crippen molar-refractivity contribution in [2.24, 2.45) is 0 Å². The van der Waals surface area contributed by atoms with Gasteiger partial charge in [-0.1, -0.05) is 13.3 Å². The molecule has 4 heteroatoms. The van der Waals surface area contributed by atoms with E-state index in [0.29, 0.717) is 18.8 Å². The largest absolute Gasteiger partial charge is 0.314 e. The predicted octanol–water partition coefficient (Wildman–Crippen LogP) is 0.173. The van der Waals surface area contributed by atoms with Gasteiger partial charge in [-0.05, 0) is 6.42 Å². The summed E-state index contributed by atoms with van der Waals surface area (Å²) in [6, 6.07) is 0. The van der Waals surface area contributed by atoms with E-state index in [9.17, 15) is 8.42 Å². The molecule has 1 aliphatic rings. The highest BCUT2D eigenvalue weighted by molar-refractivity contribution is 7.92. The smallest absolute Gasteiger partial charge is 0.155 e. The molecule has 0 aromatic rings. The Kier molecular flexibility index (Phi) is 2.90. The van der Waals surface area contributed by atoms with E-state index in [2.05, 4.69) is 5.32 Å². The van der Waals surface area contributed by atoms with E-state index in [1.165, 1.54) is 0 Å². The van der Waals surface area contributed by atoms with E-state index in [-0.39, 0.29) is 5.25 Å². The van der Waals surface area contributed by atoms with Crippen molar-refractivity contribution in [2.45, 2.75) is 25.0 Å². The van der Waals surface area contributed by atoms with Crippen LogP contribution in [0.1, 0.15) is 19.8 Å². The number of nitrogens with one attached hydrogen (secondary N) is 1. The first-order valence-corrected chi connectivity index (χ1v) is 5.80. The third-order valence-corrected chi connectivity index (χ3v) is 4.24. The van der Waals surface area contributed by atoms with Crippen LogP contribution >= 0.6 is 0 Å². The van der Waals surface area contributed by atoms with Crippen molar-refractivity contribution in [3.63, 3.8) is 0 Å². The number of sulfone groups is 1. The zero-order chi connectivity index (χ0) is 8.32. The maximum absolute atomic E-state index is 11.3. The van der Waals surface area contributed by atoms with Crippen molar-refractivity contribution in [3.8, 4) is 0 Å². The maximum Gasteiger partial charge on any atom is 0.155 e. The molecule has 0 saturated carbocycles. The normalized spacial score (nSPS) is 19.7. The van der Waals surface area contributed by atoms with Gasteiger partial charge in [0.2, 0.25) is 0 Å². The molecule has 1 rings (SSSR count). The lowest BCUT2D eigenvalue weighted by molar-refractivity contribution is 0.494. The highest BCUT2D eigenvalue weighted by Gasteiger charge is 2.29. The Morgan fingerprint density at radius 2 is 2.09 bits per heavy atom. The molecule has 0 atom stereocenters. The average molecular weight is 177 g/mol. The molecule has 0 radical (unpaired) electrons. The van der Waals surface area contributed by atoms with Gasteiger partial charge < -0.3 is 5.32 Å². The molecule has 11 heavy (non-hydrogen) atoms. The van der Waals surface area contributed by atoms with E-state index in [1.54, 1.807) is 0 Å². The monoisotopic (exact) mass is 177 g/mol. The van der Waals surface area contributed by atoms with Crippen LogP contribution in [-0.2, 0) is 9.84 Å². The van der Waals surface area contributed by atoms with Gasteiger partial charge in [-0.15, -0.1) is 0 Å². The summed E-state index contributed by atoms with van der Waals surface area (Å²) in [7, 11) is -2.75. The van der Waals surface area contributed by atoms with Crippen molar-refractivity contribution in [1.82, 2.24) is 5.32 Å². The van der Waals surface area contributed by atoms with Crippen LogP contribution in [0.15, 0.2) is 0 Å². The summed E-state index contributed by atoms with van der Waals surface area (Å²) in [6.07, 6.45) is 1.76. The van der Waals surface area contributed by atoms with Crippen LogP contribution in [-0.4, -0.2) is 32.5 Å². The van der Waals surface area contributed by atoms with Gasteiger partial charge >= 0.3 is 0 Å². The molecule has 1 heterocycles. The van der Waals surface area contributed by atoms with Gasteiger partial charge in [0, 0.05) is 13.1 Å². The SMILES string of the molecule is CCCCS(=O)(=O)C1CNC1. The molecule has 0 amide bonds. The summed E-state index contributed by atoms with van der Waals surface area (Å²) in [5.41, 5.74) is 0. The molecule has 0 aromatic carbocycles. The van der Waals surface area contributed by atoms with Crippen LogP contribution in [0.5, 0.6) is 0 Å². The minimum absolute atomic E-state index is 0.0888. The van der Waals surface area contributed by atoms with Gasteiger partial charge in [-0.3, -0.25) is 0 Å². The molecule has 1 aliphatic heterocycles. The van der Waals surface area contributed by atoms with Gasteiger partial charge in [0.15, 0.2) is 9.84 Å². The van der Waals surface area contributed by atoms with Crippen LogP contribution in [0.3, 0.4) is 0 Å². The van der Waals surface area contributed by atoms with Gasteiger partial charge in [-0.25, -0.2) is 8.42 Å². The van der Waals surface area contributed by atoms with Crippen LogP contribution in [0, 0.1) is 0 Å². The zero-order valence-electron chi connectivity index (χ0n) is 6.84. The molecule has 0 bridgehead atoms. The summed E-state index contributed by atoms with van der Waals surface area (Å²) in [4.78, 5) is 0. The molecule has 66 valence electrons. The van der Waals surface area contributed by atoms with Crippen LogP contribution < -0.4 is 5.32 Å². The fourth-order valence-electron chi connectivity index (χ4n) is 1.03. The molecule has 1 fully saturated rings. The first-order chi connectivity index (χ1) is 5.17. The van der Waals surface area contributed by atoms with Gasteiger partial charge in [0.1, 0.15) is 0 Å². The molecule has 1 saturated heterocycles. The Labute approximate surface area is 68.1 Å². The van der Waals surface area contributed by atoms with E-state index in [0.717, 1.165) is 12.8 Å². The Balaban J connectivity index is 2.39. The molecular formula is C7H15NO2S. The first-order valence-electron chi connectivity index (χ1n) is 4.09. The Bertz CT molecular complexity index is 206. The Morgan fingerprint density at radius 1 is 1.45 bits per heavy atom. The lowest BCUT2D eigenvalue weighted by atomic mass is 10.3. The second-order valence-corrected chi connectivity index (χ2v) is 5.40. The Morgan fingerprint density at radius 3 is 2.45 bits per heavy atom. The fraction of sp³-hybridized carbons (Fsp3) is 1.00. The second kappa shape index (κ2) is 3.54. The Hall–Kier alpha value is -0.0900. The van der Waals surface area contributed by atoms with Crippen molar-refractivity contribution in [3.05, 3.63) is 0 Å². The summed E-state index contributed by atoms with van der Waals surface area (Å²) in [5, 5.41) is 2.88.